The van der Waals surface area contributed by atoms with Crippen LogP contribution in [0.25, 0.3) is 0 Å². The van der Waals surface area contributed by atoms with Gasteiger partial charge in [0, 0.05) is 30.0 Å². The van der Waals surface area contributed by atoms with Crippen LogP contribution >= 0.6 is 0 Å². The molecule has 2 aromatic rings. The number of urea groups is 1. The lowest BCUT2D eigenvalue weighted by Crippen LogP contribution is -2.32. The molecule has 0 radical (unpaired) electrons. The molecule has 0 aliphatic carbocycles. The Kier molecular flexibility index (Phi) is 4.95. The van der Waals surface area contributed by atoms with E-state index in [0.717, 1.165) is 25.9 Å². The molecular weight excluding hydrogens is 316 g/mol. The molecule has 1 heterocycles. The zero-order chi connectivity index (χ0) is 17.6. The summed E-state index contributed by atoms with van der Waals surface area (Å²) in [6.45, 7) is 1.53. The van der Waals surface area contributed by atoms with Crippen LogP contribution in [0.3, 0.4) is 0 Å². The molecule has 2 N–H and O–H groups in total. The van der Waals surface area contributed by atoms with E-state index in [-0.39, 0.29) is 11.9 Å². The van der Waals surface area contributed by atoms with Gasteiger partial charge in [-0.1, -0.05) is 12.1 Å². The Bertz CT molecular complexity index is 835. The van der Waals surface area contributed by atoms with Crippen molar-refractivity contribution in [3.05, 3.63) is 59.7 Å². The van der Waals surface area contributed by atoms with E-state index in [9.17, 15) is 9.59 Å². The zero-order valence-electron chi connectivity index (χ0n) is 13.7. The number of anilines is 2. The van der Waals surface area contributed by atoms with Gasteiger partial charge in [0.15, 0.2) is 0 Å². The maximum Gasteiger partial charge on any atom is 0.321 e. The van der Waals surface area contributed by atoms with Crippen LogP contribution in [-0.2, 0) is 0 Å². The number of likely N-dealkylation sites (tertiary alicyclic amines) is 1. The standard InChI is InChI=1S/C19H18N4O2/c20-13-14-5-3-7-16(11-14)21-18(24)15-6-4-8-17(12-15)22-19(25)23-9-1-2-10-23/h3-8,11-12H,1-2,9-10H2,(H,21,24)(H,22,25). The second-order valence-electron chi connectivity index (χ2n) is 5.85. The van der Waals surface area contributed by atoms with Crippen molar-refractivity contribution in [1.82, 2.24) is 4.90 Å². The second kappa shape index (κ2) is 7.49. The van der Waals surface area contributed by atoms with Gasteiger partial charge in [0.1, 0.15) is 0 Å². The van der Waals surface area contributed by atoms with E-state index in [2.05, 4.69) is 10.6 Å². The fourth-order valence-electron chi connectivity index (χ4n) is 2.73. The van der Waals surface area contributed by atoms with Crippen molar-refractivity contribution in [2.24, 2.45) is 0 Å². The van der Waals surface area contributed by atoms with Crippen molar-refractivity contribution in [2.45, 2.75) is 12.8 Å². The Morgan fingerprint density at radius 2 is 1.64 bits per heavy atom. The number of nitrogens with zero attached hydrogens (tertiary/aromatic N) is 2. The summed E-state index contributed by atoms with van der Waals surface area (Å²) in [5.74, 6) is -0.299. The first-order valence-corrected chi connectivity index (χ1v) is 8.13. The lowest BCUT2D eigenvalue weighted by Gasteiger charge is -2.16. The first-order chi connectivity index (χ1) is 12.2. The third-order valence-corrected chi connectivity index (χ3v) is 4.02. The van der Waals surface area contributed by atoms with Gasteiger partial charge in [0.25, 0.3) is 5.91 Å². The first-order valence-electron chi connectivity index (χ1n) is 8.13. The first kappa shape index (κ1) is 16.5. The highest BCUT2D eigenvalue weighted by Gasteiger charge is 2.18. The Morgan fingerprint density at radius 1 is 0.960 bits per heavy atom. The third kappa shape index (κ3) is 4.15. The largest absolute Gasteiger partial charge is 0.325 e. The summed E-state index contributed by atoms with van der Waals surface area (Å²) in [6, 6.07) is 15.4. The summed E-state index contributed by atoms with van der Waals surface area (Å²) in [5, 5.41) is 14.5. The number of benzene rings is 2. The van der Waals surface area contributed by atoms with Crippen LogP contribution in [0.15, 0.2) is 48.5 Å². The smallest absolute Gasteiger partial charge is 0.321 e. The number of hydrogen-bond donors (Lipinski definition) is 2. The van der Waals surface area contributed by atoms with Crippen molar-refractivity contribution < 1.29 is 9.59 Å². The summed E-state index contributed by atoms with van der Waals surface area (Å²) < 4.78 is 0. The molecule has 0 unspecified atom stereocenters. The SMILES string of the molecule is N#Cc1cccc(NC(=O)c2cccc(NC(=O)N3CCCC3)c2)c1. The van der Waals surface area contributed by atoms with Gasteiger partial charge in [-0.3, -0.25) is 4.79 Å². The van der Waals surface area contributed by atoms with Crippen LogP contribution in [0.1, 0.15) is 28.8 Å². The predicted octanol–water partition coefficient (Wildman–Crippen LogP) is 3.44. The Morgan fingerprint density at radius 3 is 2.36 bits per heavy atom. The van der Waals surface area contributed by atoms with E-state index in [1.54, 1.807) is 53.4 Å². The normalized spacial score (nSPS) is 13.2. The molecule has 126 valence electrons. The zero-order valence-corrected chi connectivity index (χ0v) is 13.7. The Hall–Kier alpha value is -3.33. The minimum absolute atomic E-state index is 0.142. The van der Waals surface area contributed by atoms with Crippen molar-refractivity contribution in [1.29, 1.82) is 5.26 Å². The number of amides is 3. The summed E-state index contributed by atoms with van der Waals surface area (Å²) in [7, 11) is 0. The van der Waals surface area contributed by atoms with E-state index in [1.807, 2.05) is 6.07 Å². The molecule has 0 aromatic heterocycles. The van der Waals surface area contributed by atoms with Gasteiger partial charge in [0.2, 0.25) is 0 Å². The van der Waals surface area contributed by atoms with E-state index in [4.69, 9.17) is 5.26 Å². The quantitative estimate of drug-likeness (QED) is 0.901. The number of carbonyl (C=O) groups excluding carboxylic acids is 2. The molecule has 1 aliphatic heterocycles. The Labute approximate surface area is 146 Å². The molecule has 1 saturated heterocycles. The van der Waals surface area contributed by atoms with Gasteiger partial charge in [-0.15, -0.1) is 0 Å². The number of rotatable bonds is 3. The molecule has 0 bridgehead atoms. The topological polar surface area (TPSA) is 85.2 Å². The molecule has 3 rings (SSSR count). The minimum Gasteiger partial charge on any atom is -0.325 e. The van der Waals surface area contributed by atoms with Crippen LogP contribution < -0.4 is 10.6 Å². The van der Waals surface area contributed by atoms with E-state index in [0.29, 0.717) is 22.5 Å². The molecule has 6 heteroatoms. The van der Waals surface area contributed by atoms with Gasteiger partial charge in [-0.2, -0.15) is 5.26 Å². The van der Waals surface area contributed by atoms with Gasteiger partial charge < -0.3 is 15.5 Å². The average Bonchev–Trinajstić information content (AvgIpc) is 3.17. The molecule has 2 aromatic carbocycles. The molecular formula is C19H18N4O2. The van der Waals surface area contributed by atoms with Gasteiger partial charge in [-0.05, 0) is 49.2 Å². The molecule has 0 saturated carbocycles. The van der Waals surface area contributed by atoms with Crippen LogP contribution in [0.5, 0.6) is 0 Å². The van der Waals surface area contributed by atoms with Crippen molar-refractivity contribution in [3.8, 4) is 6.07 Å². The van der Waals surface area contributed by atoms with E-state index >= 15 is 0 Å². The van der Waals surface area contributed by atoms with Crippen LogP contribution in [0.4, 0.5) is 16.2 Å². The molecule has 3 amide bonds. The van der Waals surface area contributed by atoms with Crippen LogP contribution in [0.2, 0.25) is 0 Å². The van der Waals surface area contributed by atoms with Gasteiger partial charge >= 0.3 is 6.03 Å². The molecule has 6 nitrogen and oxygen atoms in total. The second-order valence-corrected chi connectivity index (χ2v) is 5.85. The lowest BCUT2D eigenvalue weighted by atomic mass is 10.1. The highest BCUT2D eigenvalue weighted by molar-refractivity contribution is 6.05. The van der Waals surface area contributed by atoms with Crippen LogP contribution in [-0.4, -0.2) is 29.9 Å². The molecule has 25 heavy (non-hydrogen) atoms. The maximum atomic E-state index is 12.4. The summed E-state index contributed by atoms with van der Waals surface area (Å²) in [6.07, 6.45) is 2.05. The highest BCUT2D eigenvalue weighted by atomic mass is 16.2. The molecule has 1 fully saturated rings. The number of nitriles is 1. The number of carbonyl (C=O) groups is 2. The maximum absolute atomic E-state index is 12.4. The summed E-state index contributed by atoms with van der Waals surface area (Å²) in [4.78, 5) is 26.3. The fourth-order valence-corrected chi connectivity index (χ4v) is 2.73. The van der Waals surface area contributed by atoms with Crippen molar-refractivity contribution >= 4 is 23.3 Å². The van der Waals surface area contributed by atoms with Gasteiger partial charge in [0.05, 0.1) is 11.6 Å². The lowest BCUT2D eigenvalue weighted by molar-refractivity contribution is 0.102. The monoisotopic (exact) mass is 334 g/mol. The van der Waals surface area contributed by atoms with Gasteiger partial charge in [-0.25, -0.2) is 4.79 Å². The predicted molar refractivity (Wildman–Crippen MR) is 95.4 cm³/mol. The molecule has 0 atom stereocenters. The van der Waals surface area contributed by atoms with Crippen molar-refractivity contribution in [3.63, 3.8) is 0 Å². The Balaban J connectivity index is 1.68. The fraction of sp³-hybridized carbons (Fsp3) is 0.211. The molecule has 0 spiro atoms. The third-order valence-electron chi connectivity index (χ3n) is 4.02. The van der Waals surface area contributed by atoms with E-state index < -0.39 is 0 Å². The average molecular weight is 334 g/mol. The summed E-state index contributed by atoms with van der Waals surface area (Å²) >= 11 is 0. The van der Waals surface area contributed by atoms with E-state index in [1.165, 1.54) is 0 Å². The van der Waals surface area contributed by atoms with Crippen LogP contribution in [0, 0.1) is 11.3 Å². The highest BCUT2D eigenvalue weighted by Crippen LogP contribution is 2.16. The minimum atomic E-state index is -0.299. The van der Waals surface area contributed by atoms with Crippen molar-refractivity contribution in [2.75, 3.05) is 23.7 Å². The number of nitrogens with one attached hydrogen (secondary N) is 2. The summed E-state index contributed by atoms with van der Waals surface area (Å²) in [5.41, 5.74) is 2.04. The number of hydrogen-bond acceptors (Lipinski definition) is 3. The molecule has 1 aliphatic rings.